The van der Waals surface area contributed by atoms with Gasteiger partial charge in [0.15, 0.2) is 5.96 Å². The van der Waals surface area contributed by atoms with Gasteiger partial charge in [0.2, 0.25) is 5.89 Å². The number of oxazole rings is 1. The third-order valence-electron chi connectivity index (χ3n) is 4.28. The summed E-state index contributed by atoms with van der Waals surface area (Å²) in [4.78, 5) is 9.09. The van der Waals surface area contributed by atoms with Crippen LogP contribution < -0.4 is 10.6 Å². The predicted octanol–water partition coefficient (Wildman–Crippen LogP) is 4.34. The first kappa shape index (κ1) is 19.6. The quantitative estimate of drug-likeness (QED) is 0.473. The maximum atomic E-state index is 13.0. The van der Waals surface area contributed by atoms with Crippen LogP contribution in [0, 0.1) is 5.82 Å². The van der Waals surface area contributed by atoms with Crippen LogP contribution in [-0.2, 0) is 6.42 Å². The van der Waals surface area contributed by atoms with Crippen molar-refractivity contribution in [3.63, 3.8) is 0 Å². The molecule has 0 aliphatic carbocycles. The van der Waals surface area contributed by atoms with E-state index in [2.05, 4.69) is 39.7 Å². The van der Waals surface area contributed by atoms with Crippen molar-refractivity contribution < 1.29 is 8.81 Å². The molecule has 1 aromatic heterocycles. The Hall–Kier alpha value is -3.15. The molecule has 0 saturated heterocycles. The Bertz CT molecular complexity index is 890. The van der Waals surface area contributed by atoms with Crippen molar-refractivity contribution >= 4 is 5.96 Å². The van der Waals surface area contributed by atoms with Crippen molar-refractivity contribution in [1.29, 1.82) is 0 Å². The SMILES string of the molecule is CCNC(=NCCc1coc(-c2ccc(F)cc2)n1)NC(C)c1ccccc1. The fourth-order valence-corrected chi connectivity index (χ4v) is 2.78. The second kappa shape index (κ2) is 9.69. The van der Waals surface area contributed by atoms with E-state index in [1.807, 2.05) is 25.1 Å². The van der Waals surface area contributed by atoms with Crippen molar-refractivity contribution in [3.8, 4) is 11.5 Å². The predicted molar refractivity (Wildman–Crippen MR) is 110 cm³/mol. The second-order valence-corrected chi connectivity index (χ2v) is 6.44. The van der Waals surface area contributed by atoms with Gasteiger partial charge in [-0.15, -0.1) is 0 Å². The highest BCUT2D eigenvalue weighted by Gasteiger charge is 2.09. The number of nitrogens with zero attached hydrogens (tertiary/aromatic N) is 2. The first-order valence-corrected chi connectivity index (χ1v) is 9.46. The Morgan fingerprint density at radius 1 is 1.14 bits per heavy atom. The fraction of sp³-hybridized carbons (Fsp3) is 0.273. The molecular weight excluding hydrogens is 355 g/mol. The van der Waals surface area contributed by atoms with Gasteiger partial charge in [-0.2, -0.15) is 0 Å². The van der Waals surface area contributed by atoms with E-state index in [0.29, 0.717) is 18.9 Å². The van der Waals surface area contributed by atoms with E-state index in [1.54, 1.807) is 18.4 Å². The molecule has 1 atom stereocenters. The Labute approximate surface area is 164 Å². The Morgan fingerprint density at radius 3 is 2.61 bits per heavy atom. The molecular formula is C22H25FN4O. The van der Waals surface area contributed by atoms with E-state index in [9.17, 15) is 4.39 Å². The number of hydrogen-bond donors (Lipinski definition) is 2. The average molecular weight is 380 g/mol. The maximum Gasteiger partial charge on any atom is 0.226 e. The third kappa shape index (κ3) is 5.42. The molecule has 0 amide bonds. The molecule has 1 heterocycles. The summed E-state index contributed by atoms with van der Waals surface area (Å²) in [6, 6.07) is 16.5. The van der Waals surface area contributed by atoms with Crippen molar-refractivity contribution in [2.45, 2.75) is 26.3 Å². The van der Waals surface area contributed by atoms with Crippen LogP contribution in [-0.4, -0.2) is 24.0 Å². The van der Waals surface area contributed by atoms with E-state index in [1.165, 1.54) is 17.7 Å². The van der Waals surface area contributed by atoms with Gasteiger partial charge >= 0.3 is 0 Å². The first-order valence-electron chi connectivity index (χ1n) is 9.46. The largest absolute Gasteiger partial charge is 0.444 e. The lowest BCUT2D eigenvalue weighted by Gasteiger charge is -2.18. The number of aliphatic imine (C=N–C) groups is 1. The fourth-order valence-electron chi connectivity index (χ4n) is 2.78. The zero-order valence-corrected chi connectivity index (χ0v) is 16.2. The van der Waals surface area contributed by atoms with E-state index in [4.69, 9.17) is 4.42 Å². The standard InChI is InChI=1S/C22H25FN4O/c1-3-24-22(26-16(2)17-7-5-4-6-8-17)25-14-13-20-15-28-21(27-20)18-9-11-19(23)12-10-18/h4-12,15-16H,3,13-14H2,1-2H3,(H2,24,25,26). The third-order valence-corrected chi connectivity index (χ3v) is 4.28. The minimum absolute atomic E-state index is 0.149. The number of guanidine groups is 1. The van der Waals surface area contributed by atoms with Gasteiger partial charge in [-0.05, 0) is 43.7 Å². The van der Waals surface area contributed by atoms with Gasteiger partial charge < -0.3 is 15.1 Å². The molecule has 0 fully saturated rings. The van der Waals surface area contributed by atoms with Gasteiger partial charge in [0.05, 0.1) is 11.7 Å². The van der Waals surface area contributed by atoms with E-state index >= 15 is 0 Å². The lowest BCUT2D eigenvalue weighted by Crippen LogP contribution is -2.38. The number of nitrogens with one attached hydrogen (secondary N) is 2. The van der Waals surface area contributed by atoms with Gasteiger partial charge in [0.1, 0.15) is 12.1 Å². The number of rotatable bonds is 7. The number of benzene rings is 2. The monoisotopic (exact) mass is 380 g/mol. The summed E-state index contributed by atoms with van der Waals surface area (Å²) >= 11 is 0. The van der Waals surface area contributed by atoms with Crippen LogP contribution in [0.15, 0.2) is 70.3 Å². The molecule has 0 saturated carbocycles. The minimum Gasteiger partial charge on any atom is -0.444 e. The van der Waals surface area contributed by atoms with Crippen molar-refractivity contribution in [3.05, 3.63) is 77.9 Å². The molecule has 0 aliphatic heterocycles. The Balaban J connectivity index is 1.58. The topological polar surface area (TPSA) is 62.5 Å². The zero-order chi connectivity index (χ0) is 19.8. The summed E-state index contributed by atoms with van der Waals surface area (Å²) in [5, 5.41) is 6.68. The van der Waals surface area contributed by atoms with Crippen molar-refractivity contribution in [1.82, 2.24) is 15.6 Å². The second-order valence-electron chi connectivity index (χ2n) is 6.44. The van der Waals surface area contributed by atoms with Crippen LogP contribution >= 0.6 is 0 Å². The zero-order valence-electron chi connectivity index (χ0n) is 16.2. The van der Waals surface area contributed by atoms with Gasteiger partial charge in [0.25, 0.3) is 0 Å². The lowest BCUT2D eigenvalue weighted by atomic mass is 10.1. The molecule has 6 heteroatoms. The molecule has 0 bridgehead atoms. The van der Waals surface area contributed by atoms with Crippen LogP contribution in [0.1, 0.15) is 31.1 Å². The Kier molecular flexibility index (Phi) is 6.78. The molecule has 3 rings (SSSR count). The molecule has 3 aromatic rings. The molecule has 0 radical (unpaired) electrons. The van der Waals surface area contributed by atoms with Gasteiger partial charge in [-0.1, -0.05) is 30.3 Å². The smallest absolute Gasteiger partial charge is 0.226 e. The normalized spacial score (nSPS) is 12.6. The van der Waals surface area contributed by atoms with Crippen molar-refractivity contribution in [2.24, 2.45) is 4.99 Å². The number of halogens is 1. The van der Waals surface area contributed by atoms with Crippen LogP contribution in [0.4, 0.5) is 4.39 Å². The van der Waals surface area contributed by atoms with Crippen LogP contribution in [0.2, 0.25) is 0 Å². The highest BCUT2D eigenvalue weighted by atomic mass is 19.1. The number of hydrogen-bond acceptors (Lipinski definition) is 3. The summed E-state index contributed by atoms with van der Waals surface area (Å²) in [7, 11) is 0. The summed E-state index contributed by atoms with van der Waals surface area (Å²) in [6.07, 6.45) is 2.28. The molecule has 28 heavy (non-hydrogen) atoms. The van der Waals surface area contributed by atoms with E-state index in [-0.39, 0.29) is 11.9 Å². The first-order chi connectivity index (χ1) is 13.7. The summed E-state index contributed by atoms with van der Waals surface area (Å²) in [6.45, 7) is 5.50. The molecule has 1 unspecified atom stereocenters. The van der Waals surface area contributed by atoms with E-state index < -0.39 is 0 Å². The molecule has 2 N–H and O–H groups in total. The number of aromatic nitrogens is 1. The molecule has 2 aromatic carbocycles. The van der Waals surface area contributed by atoms with Crippen LogP contribution in [0.25, 0.3) is 11.5 Å². The Morgan fingerprint density at radius 2 is 1.89 bits per heavy atom. The summed E-state index contributed by atoms with van der Waals surface area (Å²) < 4.78 is 18.5. The average Bonchev–Trinajstić information content (AvgIpc) is 3.18. The van der Waals surface area contributed by atoms with Crippen LogP contribution in [0.5, 0.6) is 0 Å². The van der Waals surface area contributed by atoms with E-state index in [0.717, 1.165) is 23.8 Å². The maximum absolute atomic E-state index is 13.0. The summed E-state index contributed by atoms with van der Waals surface area (Å²) in [5.74, 6) is 0.973. The summed E-state index contributed by atoms with van der Waals surface area (Å²) in [5.41, 5.74) is 2.77. The molecule has 146 valence electrons. The highest BCUT2D eigenvalue weighted by molar-refractivity contribution is 5.80. The lowest BCUT2D eigenvalue weighted by molar-refractivity contribution is 0.572. The molecule has 0 spiro atoms. The van der Waals surface area contributed by atoms with Crippen LogP contribution in [0.3, 0.4) is 0 Å². The van der Waals surface area contributed by atoms with Crippen molar-refractivity contribution in [2.75, 3.05) is 13.1 Å². The van der Waals surface area contributed by atoms with Gasteiger partial charge in [-0.3, -0.25) is 4.99 Å². The molecule has 5 nitrogen and oxygen atoms in total. The minimum atomic E-state index is -0.280. The van der Waals surface area contributed by atoms with Gasteiger partial charge in [0, 0.05) is 25.1 Å². The highest BCUT2D eigenvalue weighted by Crippen LogP contribution is 2.19. The van der Waals surface area contributed by atoms with Gasteiger partial charge in [-0.25, -0.2) is 9.37 Å². The molecule has 0 aliphatic rings.